The molecule has 0 radical (unpaired) electrons. The maximum Gasteiger partial charge on any atom is 0.416 e. The molecule has 5 nitrogen and oxygen atoms in total. The SMILES string of the molecule is CCCn1c(SCC(=O)Nc2cc(C(F)(F)F)ccc2Cl)nnc1-c1csc2ccccc12. The molecule has 0 saturated heterocycles. The number of nitrogens with zero attached hydrogens (tertiary/aromatic N) is 3. The highest BCUT2D eigenvalue weighted by Crippen LogP contribution is 2.35. The van der Waals surface area contributed by atoms with Crippen molar-refractivity contribution < 1.29 is 18.0 Å². The number of anilines is 1. The van der Waals surface area contributed by atoms with E-state index < -0.39 is 17.6 Å². The third-order valence-corrected chi connectivity index (χ3v) is 7.05. The summed E-state index contributed by atoms with van der Waals surface area (Å²) in [5.74, 6) is 0.173. The lowest BCUT2D eigenvalue weighted by Crippen LogP contribution is -2.16. The second-order valence-electron chi connectivity index (χ2n) is 7.13. The number of thiophene rings is 1. The molecule has 2 heterocycles. The second kappa shape index (κ2) is 9.74. The average molecular weight is 511 g/mol. The average Bonchev–Trinajstić information content (AvgIpc) is 3.37. The quantitative estimate of drug-likeness (QED) is 0.273. The van der Waals surface area contributed by atoms with Crippen LogP contribution in [0.15, 0.2) is 53.0 Å². The molecule has 0 spiro atoms. The number of thioether (sulfide) groups is 1. The predicted octanol–water partition coefficient (Wildman–Crippen LogP) is 6.97. The van der Waals surface area contributed by atoms with Gasteiger partial charge in [0.2, 0.25) is 5.91 Å². The fourth-order valence-corrected chi connectivity index (χ4v) is 5.15. The molecular formula is C22H18ClF3N4OS2. The monoisotopic (exact) mass is 510 g/mol. The van der Waals surface area contributed by atoms with Crippen molar-refractivity contribution in [3.8, 4) is 11.4 Å². The Morgan fingerprint density at radius 3 is 2.76 bits per heavy atom. The van der Waals surface area contributed by atoms with E-state index in [1.54, 1.807) is 11.3 Å². The molecule has 0 fully saturated rings. The molecule has 0 aliphatic carbocycles. The summed E-state index contributed by atoms with van der Waals surface area (Å²) in [5.41, 5.74) is 0.00585. The largest absolute Gasteiger partial charge is 0.416 e. The van der Waals surface area contributed by atoms with E-state index in [-0.39, 0.29) is 16.5 Å². The Morgan fingerprint density at radius 1 is 1.21 bits per heavy atom. The summed E-state index contributed by atoms with van der Waals surface area (Å²) < 4.78 is 42.0. The number of nitrogens with one attached hydrogen (secondary N) is 1. The van der Waals surface area contributed by atoms with Gasteiger partial charge in [0.05, 0.1) is 22.0 Å². The Kier molecular flexibility index (Phi) is 6.96. The lowest BCUT2D eigenvalue weighted by atomic mass is 10.1. The second-order valence-corrected chi connectivity index (χ2v) is 9.39. The predicted molar refractivity (Wildman–Crippen MR) is 127 cm³/mol. The topological polar surface area (TPSA) is 59.8 Å². The van der Waals surface area contributed by atoms with Crippen molar-refractivity contribution in [2.24, 2.45) is 0 Å². The van der Waals surface area contributed by atoms with Crippen LogP contribution in [0.3, 0.4) is 0 Å². The van der Waals surface area contributed by atoms with E-state index in [9.17, 15) is 18.0 Å². The molecule has 11 heteroatoms. The molecule has 0 aliphatic heterocycles. The number of fused-ring (bicyclic) bond motifs is 1. The summed E-state index contributed by atoms with van der Waals surface area (Å²) >= 11 is 8.76. The molecule has 4 aromatic rings. The summed E-state index contributed by atoms with van der Waals surface area (Å²) in [6.07, 6.45) is -3.69. The lowest BCUT2D eigenvalue weighted by molar-refractivity contribution is -0.137. The van der Waals surface area contributed by atoms with Crippen LogP contribution in [0.5, 0.6) is 0 Å². The van der Waals surface area contributed by atoms with Gasteiger partial charge < -0.3 is 9.88 Å². The number of hydrogen-bond donors (Lipinski definition) is 1. The van der Waals surface area contributed by atoms with Crippen LogP contribution >= 0.6 is 34.7 Å². The van der Waals surface area contributed by atoms with Crippen molar-refractivity contribution in [2.45, 2.75) is 31.2 Å². The fraction of sp³-hybridized carbons (Fsp3) is 0.227. The Morgan fingerprint density at radius 2 is 2.00 bits per heavy atom. The van der Waals surface area contributed by atoms with Crippen LogP contribution in [-0.4, -0.2) is 26.4 Å². The van der Waals surface area contributed by atoms with Gasteiger partial charge in [-0.15, -0.1) is 21.5 Å². The number of carbonyl (C=O) groups excluding carboxylic acids is 1. The number of amides is 1. The van der Waals surface area contributed by atoms with Gasteiger partial charge in [0.1, 0.15) is 0 Å². The molecule has 33 heavy (non-hydrogen) atoms. The normalized spacial score (nSPS) is 11.8. The minimum atomic E-state index is -4.53. The van der Waals surface area contributed by atoms with E-state index in [1.807, 2.05) is 41.1 Å². The molecular weight excluding hydrogens is 493 g/mol. The summed E-state index contributed by atoms with van der Waals surface area (Å²) in [6.45, 7) is 2.70. The summed E-state index contributed by atoms with van der Waals surface area (Å²) in [7, 11) is 0. The summed E-state index contributed by atoms with van der Waals surface area (Å²) in [6, 6.07) is 10.8. The highest BCUT2D eigenvalue weighted by Gasteiger charge is 2.31. The van der Waals surface area contributed by atoms with Gasteiger partial charge in [0.15, 0.2) is 11.0 Å². The maximum absolute atomic E-state index is 13.0. The smallest absolute Gasteiger partial charge is 0.324 e. The Balaban J connectivity index is 1.52. The number of alkyl halides is 3. The standard InChI is InChI=1S/C22H18ClF3N4OS2/c1-2-9-30-20(15-11-32-18-6-4-3-5-14(15)18)28-29-21(30)33-12-19(31)27-17-10-13(22(24,25)26)7-8-16(17)23/h3-8,10-11H,2,9,12H2,1H3,(H,27,31). The van der Waals surface area contributed by atoms with Gasteiger partial charge in [0.25, 0.3) is 0 Å². The first kappa shape index (κ1) is 23.6. The molecule has 1 amide bonds. The van der Waals surface area contributed by atoms with Gasteiger partial charge in [-0.25, -0.2) is 0 Å². The highest BCUT2D eigenvalue weighted by atomic mass is 35.5. The molecule has 0 bridgehead atoms. The molecule has 0 atom stereocenters. The third kappa shape index (κ3) is 5.18. The van der Waals surface area contributed by atoms with Crippen LogP contribution in [0.25, 0.3) is 21.5 Å². The fourth-order valence-electron chi connectivity index (χ4n) is 3.28. The van der Waals surface area contributed by atoms with Gasteiger partial charge in [-0.2, -0.15) is 13.2 Å². The van der Waals surface area contributed by atoms with E-state index in [0.29, 0.717) is 11.7 Å². The van der Waals surface area contributed by atoms with E-state index in [4.69, 9.17) is 11.6 Å². The van der Waals surface area contributed by atoms with Crippen molar-refractivity contribution >= 4 is 56.4 Å². The molecule has 4 rings (SSSR count). The van der Waals surface area contributed by atoms with Crippen LogP contribution in [0.1, 0.15) is 18.9 Å². The van der Waals surface area contributed by atoms with Crippen LogP contribution < -0.4 is 5.32 Å². The zero-order valence-corrected chi connectivity index (χ0v) is 19.7. The molecule has 0 aliphatic rings. The van der Waals surface area contributed by atoms with Crippen LogP contribution in [0, 0.1) is 0 Å². The number of rotatable bonds is 7. The first-order valence-electron chi connectivity index (χ1n) is 9.97. The molecule has 0 saturated carbocycles. The van der Waals surface area contributed by atoms with Crippen molar-refractivity contribution in [2.75, 3.05) is 11.1 Å². The number of halogens is 4. The molecule has 2 aromatic carbocycles. The molecule has 2 aromatic heterocycles. The van der Waals surface area contributed by atoms with Gasteiger partial charge >= 0.3 is 6.18 Å². The number of carbonyl (C=O) groups is 1. The molecule has 1 N–H and O–H groups in total. The lowest BCUT2D eigenvalue weighted by Gasteiger charge is -2.12. The first-order chi connectivity index (χ1) is 15.8. The van der Waals surface area contributed by atoms with Gasteiger partial charge in [-0.05, 0) is 30.7 Å². The van der Waals surface area contributed by atoms with Gasteiger partial charge in [0, 0.05) is 27.6 Å². The third-order valence-electron chi connectivity index (χ3n) is 4.79. The number of hydrogen-bond acceptors (Lipinski definition) is 5. The molecule has 0 unspecified atom stereocenters. The van der Waals surface area contributed by atoms with Crippen LogP contribution in [0.2, 0.25) is 5.02 Å². The number of aromatic nitrogens is 3. The minimum Gasteiger partial charge on any atom is -0.324 e. The summed E-state index contributed by atoms with van der Waals surface area (Å²) in [5, 5.41) is 14.8. The van der Waals surface area contributed by atoms with E-state index >= 15 is 0 Å². The Hall–Kier alpha value is -2.56. The van der Waals surface area contributed by atoms with Crippen LogP contribution in [-0.2, 0) is 17.5 Å². The Labute approximate surface area is 201 Å². The van der Waals surface area contributed by atoms with Crippen molar-refractivity contribution in [1.29, 1.82) is 0 Å². The van der Waals surface area contributed by atoms with Crippen LogP contribution in [0.4, 0.5) is 18.9 Å². The highest BCUT2D eigenvalue weighted by molar-refractivity contribution is 7.99. The molecule has 172 valence electrons. The van der Waals surface area contributed by atoms with Crippen molar-refractivity contribution in [3.63, 3.8) is 0 Å². The van der Waals surface area contributed by atoms with E-state index in [2.05, 4.69) is 15.5 Å². The van der Waals surface area contributed by atoms with E-state index in [1.165, 1.54) is 11.8 Å². The van der Waals surface area contributed by atoms with E-state index in [0.717, 1.165) is 46.1 Å². The number of benzene rings is 2. The van der Waals surface area contributed by atoms with Gasteiger partial charge in [-0.3, -0.25) is 4.79 Å². The Bertz CT molecular complexity index is 1300. The zero-order valence-electron chi connectivity index (χ0n) is 17.3. The van der Waals surface area contributed by atoms with Crippen molar-refractivity contribution in [1.82, 2.24) is 14.8 Å². The van der Waals surface area contributed by atoms with Gasteiger partial charge in [-0.1, -0.05) is 48.5 Å². The first-order valence-corrected chi connectivity index (χ1v) is 12.2. The summed E-state index contributed by atoms with van der Waals surface area (Å²) in [4.78, 5) is 12.5. The minimum absolute atomic E-state index is 0.0297. The van der Waals surface area contributed by atoms with Crippen molar-refractivity contribution in [3.05, 3.63) is 58.4 Å². The zero-order chi connectivity index (χ0) is 23.6. The maximum atomic E-state index is 13.0.